The van der Waals surface area contributed by atoms with Gasteiger partial charge in [0.2, 0.25) is 0 Å². The van der Waals surface area contributed by atoms with Crippen molar-refractivity contribution in [3.05, 3.63) is 61.7 Å². The van der Waals surface area contributed by atoms with Gasteiger partial charge in [-0.2, -0.15) is 0 Å². The van der Waals surface area contributed by atoms with E-state index in [9.17, 15) is 9.59 Å². The highest BCUT2D eigenvalue weighted by atomic mass is 79.9. The fraction of sp³-hybridized carbons (Fsp3) is 0.0667. The van der Waals surface area contributed by atoms with Crippen LogP contribution in [0.4, 0.5) is 0 Å². The highest BCUT2D eigenvalue weighted by Crippen LogP contribution is 2.22. The standard InChI is InChI=1S/C15H10BrClO3S/c16-14-7-5-12(21-14)6-8-15(19)20-9-13(18)10-1-3-11(17)4-2-10/h1-8H,9H2/b8-6+. The highest BCUT2D eigenvalue weighted by molar-refractivity contribution is 9.11. The molecule has 6 heteroatoms. The minimum absolute atomic E-state index is 0.271. The smallest absolute Gasteiger partial charge is 0.331 e. The maximum atomic E-state index is 11.8. The summed E-state index contributed by atoms with van der Waals surface area (Å²) in [6.45, 7) is -0.293. The van der Waals surface area contributed by atoms with Gasteiger partial charge < -0.3 is 4.74 Å². The van der Waals surface area contributed by atoms with Crippen LogP contribution in [-0.4, -0.2) is 18.4 Å². The molecule has 0 spiro atoms. The molecule has 21 heavy (non-hydrogen) atoms. The van der Waals surface area contributed by atoms with Crippen LogP contribution in [0.1, 0.15) is 15.2 Å². The Kier molecular flexibility index (Phi) is 5.73. The first kappa shape index (κ1) is 15.9. The molecule has 0 aliphatic rings. The molecule has 0 N–H and O–H groups in total. The molecule has 108 valence electrons. The first-order chi connectivity index (χ1) is 10.0. The molecule has 1 aromatic carbocycles. The lowest BCUT2D eigenvalue weighted by Gasteiger charge is -2.01. The van der Waals surface area contributed by atoms with E-state index < -0.39 is 5.97 Å². The Morgan fingerprint density at radius 3 is 2.52 bits per heavy atom. The monoisotopic (exact) mass is 384 g/mol. The SMILES string of the molecule is O=C(/C=C/c1ccc(Br)s1)OCC(=O)c1ccc(Cl)cc1. The van der Waals surface area contributed by atoms with Crippen molar-refractivity contribution in [3.63, 3.8) is 0 Å². The fourth-order valence-corrected chi connectivity index (χ4v) is 2.92. The number of rotatable bonds is 5. The average Bonchev–Trinajstić information content (AvgIpc) is 2.89. The third-order valence-electron chi connectivity index (χ3n) is 2.49. The molecule has 0 atom stereocenters. The van der Waals surface area contributed by atoms with Gasteiger partial charge in [0.05, 0.1) is 3.79 Å². The summed E-state index contributed by atoms with van der Waals surface area (Å²) >= 11 is 10.6. The van der Waals surface area contributed by atoms with Gasteiger partial charge in [-0.1, -0.05) is 11.6 Å². The zero-order chi connectivity index (χ0) is 15.2. The van der Waals surface area contributed by atoms with Gasteiger partial charge in [-0.15, -0.1) is 11.3 Å². The molecule has 0 radical (unpaired) electrons. The van der Waals surface area contributed by atoms with Crippen LogP contribution < -0.4 is 0 Å². The molecule has 2 rings (SSSR count). The van der Waals surface area contributed by atoms with Gasteiger partial charge in [0.15, 0.2) is 12.4 Å². The summed E-state index contributed by atoms with van der Waals surface area (Å²) in [4.78, 5) is 24.2. The number of carbonyl (C=O) groups is 2. The van der Waals surface area contributed by atoms with E-state index in [0.29, 0.717) is 10.6 Å². The van der Waals surface area contributed by atoms with E-state index in [0.717, 1.165) is 8.66 Å². The van der Waals surface area contributed by atoms with E-state index in [1.54, 1.807) is 30.3 Å². The van der Waals surface area contributed by atoms with Crippen molar-refractivity contribution < 1.29 is 14.3 Å². The molecule has 1 heterocycles. The van der Waals surface area contributed by atoms with Gasteiger partial charge in [0.25, 0.3) is 0 Å². The van der Waals surface area contributed by atoms with E-state index in [1.807, 2.05) is 12.1 Å². The van der Waals surface area contributed by atoms with Crippen LogP contribution in [0.25, 0.3) is 6.08 Å². The number of carbonyl (C=O) groups excluding carboxylic acids is 2. The van der Waals surface area contributed by atoms with Crippen molar-refractivity contribution in [2.45, 2.75) is 0 Å². The first-order valence-corrected chi connectivity index (χ1v) is 7.92. The van der Waals surface area contributed by atoms with Gasteiger partial charge in [-0.05, 0) is 58.4 Å². The second-order valence-corrected chi connectivity index (χ2v) is 6.94. The molecule has 3 nitrogen and oxygen atoms in total. The van der Waals surface area contributed by atoms with Crippen LogP contribution in [-0.2, 0) is 9.53 Å². The van der Waals surface area contributed by atoms with Gasteiger partial charge in [0.1, 0.15) is 0 Å². The van der Waals surface area contributed by atoms with Crippen LogP contribution in [0.15, 0.2) is 46.3 Å². The topological polar surface area (TPSA) is 43.4 Å². The lowest BCUT2D eigenvalue weighted by Crippen LogP contribution is -2.12. The molecule has 0 aliphatic heterocycles. The Morgan fingerprint density at radius 2 is 1.90 bits per heavy atom. The lowest BCUT2D eigenvalue weighted by atomic mass is 10.1. The van der Waals surface area contributed by atoms with Gasteiger partial charge in [0, 0.05) is 21.5 Å². The second kappa shape index (κ2) is 7.54. The van der Waals surface area contributed by atoms with E-state index >= 15 is 0 Å². The lowest BCUT2D eigenvalue weighted by molar-refractivity contribution is -0.136. The molecule has 0 saturated heterocycles. The third-order valence-corrected chi connectivity index (χ3v) is 4.33. The largest absolute Gasteiger partial charge is 0.454 e. The predicted molar refractivity (Wildman–Crippen MR) is 87.8 cm³/mol. The first-order valence-electron chi connectivity index (χ1n) is 5.93. The summed E-state index contributed by atoms with van der Waals surface area (Å²) in [5, 5.41) is 0.550. The van der Waals surface area contributed by atoms with Gasteiger partial charge >= 0.3 is 5.97 Å². The Labute approximate surface area is 139 Å². The number of hydrogen-bond acceptors (Lipinski definition) is 4. The molecular formula is C15H10BrClO3S. The summed E-state index contributed by atoms with van der Waals surface area (Å²) in [6, 6.07) is 10.2. The summed E-state index contributed by atoms with van der Waals surface area (Å²) in [6.07, 6.45) is 2.94. The van der Waals surface area contributed by atoms with Crippen molar-refractivity contribution in [1.29, 1.82) is 0 Å². The van der Waals surface area contributed by atoms with E-state index in [1.165, 1.54) is 17.4 Å². The summed E-state index contributed by atoms with van der Waals surface area (Å²) < 4.78 is 5.88. The van der Waals surface area contributed by atoms with Gasteiger partial charge in [-0.25, -0.2) is 4.79 Å². The van der Waals surface area contributed by atoms with E-state index in [-0.39, 0.29) is 12.4 Å². The zero-order valence-electron chi connectivity index (χ0n) is 10.7. The van der Waals surface area contributed by atoms with Crippen molar-refractivity contribution in [2.24, 2.45) is 0 Å². The molecule has 0 fully saturated rings. The molecule has 1 aromatic heterocycles. The summed E-state index contributed by atoms with van der Waals surface area (Å²) in [7, 11) is 0. The van der Waals surface area contributed by atoms with Crippen LogP contribution in [0.5, 0.6) is 0 Å². The maximum absolute atomic E-state index is 11.8. The van der Waals surface area contributed by atoms with Crippen molar-refractivity contribution in [3.8, 4) is 0 Å². The number of hydrogen-bond donors (Lipinski definition) is 0. The zero-order valence-corrected chi connectivity index (χ0v) is 13.9. The molecule has 2 aromatic rings. The number of Topliss-reactive ketones (excluding diaryl/α,β-unsaturated/α-hetero) is 1. The number of thiophene rings is 1. The van der Waals surface area contributed by atoms with Crippen molar-refractivity contribution >= 4 is 56.7 Å². The van der Waals surface area contributed by atoms with Gasteiger partial charge in [-0.3, -0.25) is 4.79 Å². The quantitative estimate of drug-likeness (QED) is 0.429. The fourth-order valence-electron chi connectivity index (χ4n) is 1.47. The average molecular weight is 386 g/mol. The maximum Gasteiger partial charge on any atom is 0.331 e. The highest BCUT2D eigenvalue weighted by Gasteiger charge is 2.08. The summed E-state index contributed by atoms with van der Waals surface area (Å²) in [5.41, 5.74) is 0.457. The Bertz CT molecular complexity index is 676. The van der Waals surface area contributed by atoms with E-state index in [2.05, 4.69) is 15.9 Å². The Balaban J connectivity index is 1.85. The molecule has 0 unspecified atom stereocenters. The van der Waals surface area contributed by atoms with Crippen molar-refractivity contribution in [2.75, 3.05) is 6.61 Å². The van der Waals surface area contributed by atoms with E-state index in [4.69, 9.17) is 16.3 Å². The Morgan fingerprint density at radius 1 is 1.19 bits per heavy atom. The predicted octanol–water partition coefficient (Wildman–Crippen LogP) is 4.60. The molecular weight excluding hydrogens is 376 g/mol. The molecule has 0 aliphatic carbocycles. The Hall–Kier alpha value is -1.43. The number of ether oxygens (including phenoxy) is 1. The van der Waals surface area contributed by atoms with Crippen LogP contribution in [0.3, 0.4) is 0 Å². The number of ketones is 1. The molecule has 0 saturated carbocycles. The second-order valence-electron chi connectivity index (χ2n) is 4.01. The summed E-state index contributed by atoms with van der Waals surface area (Å²) in [5.74, 6) is -0.825. The number of esters is 1. The molecule has 0 bridgehead atoms. The van der Waals surface area contributed by atoms with Crippen molar-refractivity contribution in [1.82, 2.24) is 0 Å². The minimum atomic E-state index is -0.554. The number of halogens is 2. The molecule has 0 amide bonds. The minimum Gasteiger partial charge on any atom is -0.454 e. The number of benzene rings is 1. The van der Waals surface area contributed by atoms with Crippen LogP contribution in [0, 0.1) is 0 Å². The van der Waals surface area contributed by atoms with Crippen LogP contribution in [0.2, 0.25) is 5.02 Å². The normalized spacial score (nSPS) is 10.8. The van der Waals surface area contributed by atoms with Crippen LogP contribution >= 0.6 is 38.9 Å². The third kappa shape index (κ3) is 5.12.